The lowest BCUT2D eigenvalue weighted by Gasteiger charge is -2.08. The Balaban J connectivity index is 2.29. The van der Waals surface area contributed by atoms with Gasteiger partial charge in [-0.3, -0.25) is 0 Å². The lowest BCUT2D eigenvalue weighted by atomic mass is 10.2. The molecular weight excluding hydrogens is 348 g/mol. The van der Waals surface area contributed by atoms with E-state index in [1.165, 1.54) is 23.5 Å². The zero-order chi connectivity index (χ0) is 14.7. The largest absolute Gasteiger partial charge is 0.308 e. The molecule has 1 aromatic heterocycles. The van der Waals surface area contributed by atoms with E-state index in [2.05, 4.69) is 38.4 Å². The van der Waals surface area contributed by atoms with Crippen LogP contribution in [0.3, 0.4) is 0 Å². The van der Waals surface area contributed by atoms with E-state index in [0.717, 1.165) is 18.0 Å². The summed E-state index contributed by atoms with van der Waals surface area (Å²) in [6.45, 7) is 4.88. The van der Waals surface area contributed by atoms with Crippen molar-refractivity contribution in [3.05, 3.63) is 33.2 Å². The standard InChI is InChI=1S/C13H14BrF2N3S/c1-3-4-17-7(2)12-18-19-13(20-12)11-9(15)5-8(14)6-10(11)16/h5-7,17H,3-4H2,1-2H3. The number of nitrogens with one attached hydrogen (secondary N) is 1. The highest BCUT2D eigenvalue weighted by Gasteiger charge is 2.19. The van der Waals surface area contributed by atoms with Crippen molar-refractivity contribution >= 4 is 27.3 Å². The molecule has 1 heterocycles. The second kappa shape index (κ2) is 6.69. The maximum atomic E-state index is 13.9. The van der Waals surface area contributed by atoms with Gasteiger partial charge in [-0.1, -0.05) is 34.2 Å². The molecule has 0 saturated heterocycles. The van der Waals surface area contributed by atoms with E-state index in [1.807, 2.05) is 6.92 Å². The van der Waals surface area contributed by atoms with Gasteiger partial charge in [0, 0.05) is 4.47 Å². The van der Waals surface area contributed by atoms with Gasteiger partial charge in [-0.15, -0.1) is 10.2 Å². The Morgan fingerprint density at radius 3 is 2.55 bits per heavy atom. The van der Waals surface area contributed by atoms with E-state index in [4.69, 9.17) is 0 Å². The lowest BCUT2D eigenvalue weighted by Crippen LogP contribution is -2.18. The summed E-state index contributed by atoms with van der Waals surface area (Å²) >= 11 is 4.25. The molecule has 0 bridgehead atoms. The molecule has 1 atom stereocenters. The average molecular weight is 362 g/mol. The Kier molecular flexibility index (Phi) is 5.17. The molecule has 0 fully saturated rings. The molecule has 0 radical (unpaired) electrons. The second-order valence-electron chi connectivity index (χ2n) is 4.37. The molecule has 1 aromatic carbocycles. The minimum absolute atomic E-state index is 0.0165. The number of hydrogen-bond donors (Lipinski definition) is 1. The lowest BCUT2D eigenvalue weighted by molar-refractivity contribution is 0.564. The molecule has 1 unspecified atom stereocenters. The summed E-state index contributed by atoms with van der Waals surface area (Å²) in [5.41, 5.74) is -0.125. The van der Waals surface area contributed by atoms with Crippen molar-refractivity contribution in [1.29, 1.82) is 0 Å². The average Bonchev–Trinajstić information content (AvgIpc) is 2.84. The van der Waals surface area contributed by atoms with E-state index in [1.54, 1.807) is 0 Å². The number of rotatable bonds is 5. The van der Waals surface area contributed by atoms with Crippen LogP contribution in [0.4, 0.5) is 8.78 Å². The summed E-state index contributed by atoms with van der Waals surface area (Å²) in [5.74, 6) is -1.29. The first-order chi connectivity index (χ1) is 9.52. The van der Waals surface area contributed by atoms with Gasteiger partial charge in [0.05, 0.1) is 11.6 Å². The van der Waals surface area contributed by atoms with Crippen molar-refractivity contribution in [3.63, 3.8) is 0 Å². The molecule has 2 aromatic rings. The van der Waals surface area contributed by atoms with E-state index >= 15 is 0 Å². The van der Waals surface area contributed by atoms with Gasteiger partial charge in [-0.25, -0.2) is 8.78 Å². The molecule has 7 heteroatoms. The van der Waals surface area contributed by atoms with Crippen molar-refractivity contribution in [2.24, 2.45) is 0 Å². The van der Waals surface area contributed by atoms with Crippen LogP contribution in [0.2, 0.25) is 0 Å². The smallest absolute Gasteiger partial charge is 0.153 e. The second-order valence-corrected chi connectivity index (χ2v) is 6.29. The maximum absolute atomic E-state index is 13.9. The fraction of sp³-hybridized carbons (Fsp3) is 0.385. The van der Waals surface area contributed by atoms with Crippen LogP contribution in [0.1, 0.15) is 31.3 Å². The van der Waals surface area contributed by atoms with Crippen molar-refractivity contribution in [1.82, 2.24) is 15.5 Å². The molecule has 0 aliphatic heterocycles. The van der Waals surface area contributed by atoms with Gasteiger partial charge < -0.3 is 5.32 Å². The number of hydrogen-bond acceptors (Lipinski definition) is 4. The van der Waals surface area contributed by atoms with Crippen LogP contribution in [-0.2, 0) is 0 Å². The first-order valence-electron chi connectivity index (χ1n) is 6.24. The molecule has 3 nitrogen and oxygen atoms in total. The highest BCUT2D eigenvalue weighted by molar-refractivity contribution is 9.10. The zero-order valence-electron chi connectivity index (χ0n) is 11.1. The molecule has 0 spiro atoms. The van der Waals surface area contributed by atoms with Crippen LogP contribution in [0.5, 0.6) is 0 Å². The van der Waals surface area contributed by atoms with Gasteiger partial charge in [-0.05, 0) is 32.0 Å². The molecule has 108 valence electrons. The number of nitrogens with zero attached hydrogens (tertiary/aromatic N) is 2. The fourth-order valence-corrected chi connectivity index (χ4v) is 3.03. The van der Waals surface area contributed by atoms with Crippen LogP contribution in [-0.4, -0.2) is 16.7 Å². The quantitative estimate of drug-likeness (QED) is 0.862. The minimum Gasteiger partial charge on any atom is -0.308 e. The Hall–Kier alpha value is -0.920. The number of aromatic nitrogens is 2. The molecule has 20 heavy (non-hydrogen) atoms. The predicted octanol–water partition coefficient (Wildman–Crippen LogP) is 4.31. The summed E-state index contributed by atoms with van der Waals surface area (Å²) in [6.07, 6.45) is 1.01. The molecule has 0 saturated carbocycles. The van der Waals surface area contributed by atoms with Gasteiger partial charge in [-0.2, -0.15) is 0 Å². The highest BCUT2D eigenvalue weighted by Crippen LogP contribution is 2.32. The summed E-state index contributed by atoms with van der Waals surface area (Å²) in [4.78, 5) is 0. The SMILES string of the molecule is CCCNC(C)c1nnc(-c2c(F)cc(Br)cc2F)s1. The van der Waals surface area contributed by atoms with Crippen molar-refractivity contribution < 1.29 is 8.78 Å². The van der Waals surface area contributed by atoms with Crippen LogP contribution in [0.25, 0.3) is 10.6 Å². The number of benzene rings is 1. The third kappa shape index (κ3) is 3.39. The normalized spacial score (nSPS) is 12.7. The van der Waals surface area contributed by atoms with Crippen LogP contribution in [0.15, 0.2) is 16.6 Å². The molecule has 0 amide bonds. The van der Waals surface area contributed by atoms with Gasteiger partial charge in [0.1, 0.15) is 16.6 Å². The van der Waals surface area contributed by atoms with E-state index in [-0.39, 0.29) is 16.6 Å². The maximum Gasteiger partial charge on any atom is 0.153 e. The van der Waals surface area contributed by atoms with Gasteiger partial charge in [0.15, 0.2) is 5.01 Å². The van der Waals surface area contributed by atoms with Gasteiger partial charge in [0.25, 0.3) is 0 Å². The topological polar surface area (TPSA) is 37.8 Å². The van der Waals surface area contributed by atoms with E-state index < -0.39 is 11.6 Å². The fourth-order valence-electron chi connectivity index (χ4n) is 1.71. The van der Waals surface area contributed by atoms with Crippen molar-refractivity contribution in [2.45, 2.75) is 26.3 Å². The Morgan fingerprint density at radius 1 is 1.30 bits per heavy atom. The minimum atomic E-state index is -0.645. The van der Waals surface area contributed by atoms with E-state index in [0.29, 0.717) is 4.47 Å². The molecule has 0 aliphatic rings. The zero-order valence-corrected chi connectivity index (χ0v) is 13.5. The number of halogens is 3. The summed E-state index contributed by atoms with van der Waals surface area (Å²) in [6, 6.07) is 2.46. The van der Waals surface area contributed by atoms with Crippen molar-refractivity contribution in [3.8, 4) is 10.6 Å². The van der Waals surface area contributed by atoms with Crippen LogP contribution >= 0.6 is 27.3 Å². The summed E-state index contributed by atoms with van der Waals surface area (Å²) < 4.78 is 28.1. The highest BCUT2D eigenvalue weighted by atomic mass is 79.9. The Morgan fingerprint density at radius 2 is 1.95 bits per heavy atom. The monoisotopic (exact) mass is 361 g/mol. The molecule has 0 aliphatic carbocycles. The predicted molar refractivity (Wildman–Crippen MR) is 79.7 cm³/mol. The molecule has 2 rings (SSSR count). The van der Waals surface area contributed by atoms with Gasteiger partial charge >= 0.3 is 0 Å². The summed E-state index contributed by atoms with van der Waals surface area (Å²) in [7, 11) is 0. The van der Waals surface area contributed by atoms with Crippen LogP contribution < -0.4 is 5.32 Å². The first kappa shape index (κ1) is 15.5. The molecule has 1 N–H and O–H groups in total. The molecular formula is C13H14BrF2N3S. The Labute approximate surface area is 128 Å². The van der Waals surface area contributed by atoms with Gasteiger partial charge in [0.2, 0.25) is 0 Å². The van der Waals surface area contributed by atoms with E-state index in [9.17, 15) is 8.78 Å². The van der Waals surface area contributed by atoms with Crippen molar-refractivity contribution in [2.75, 3.05) is 6.54 Å². The summed E-state index contributed by atoms with van der Waals surface area (Å²) in [5, 5.41) is 12.2. The third-order valence-corrected chi connectivity index (χ3v) is 4.31. The third-order valence-electron chi connectivity index (χ3n) is 2.73. The van der Waals surface area contributed by atoms with Crippen LogP contribution in [0, 0.1) is 11.6 Å². The first-order valence-corrected chi connectivity index (χ1v) is 7.85. The Bertz CT molecular complexity index is 580.